The quantitative estimate of drug-likeness (QED) is 0.0169. The number of unbranched alkanes of at least 4 members (excludes halogenated alkanes) is 30. The van der Waals surface area contributed by atoms with Crippen molar-refractivity contribution in [2.24, 2.45) is 0 Å². The number of hydrogen-bond acceptors (Lipinski definition) is 15. The van der Waals surface area contributed by atoms with Gasteiger partial charge in [-0.1, -0.05) is 271 Å². The molecule has 0 radical (unpaired) electrons. The number of ether oxygens (including phenoxy) is 4. The fourth-order valence-electron chi connectivity index (χ4n) is 10.7. The van der Waals surface area contributed by atoms with Crippen LogP contribution in [0.4, 0.5) is 0 Å². The lowest BCUT2D eigenvalue weighted by atomic mass is 10.1. The van der Waals surface area contributed by atoms with Crippen LogP contribution in [0.25, 0.3) is 0 Å². The largest absolute Gasteiger partial charge is 0.472 e. The minimum absolute atomic E-state index is 0.0688. The highest BCUT2D eigenvalue weighted by Gasteiger charge is 2.30. The maximum atomic E-state index is 13.1. The summed E-state index contributed by atoms with van der Waals surface area (Å²) < 4.78 is 68.6. The molecule has 3 N–H and O–H groups in total. The number of phosphoric ester groups is 2. The highest BCUT2D eigenvalue weighted by atomic mass is 31.2. The molecule has 0 aromatic carbocycles. The van der Waals surface area contributed by atoms with Gasteiger partial charge in [0.1, 0.15) is 19.3 Å². The van der Waals surface area contributed by atoms with Gasteiger partial charge in [0.15, 0.2) is 12.2 Å². The number of phosphoric acid groups is 2. The summed E-state index contributed by atoms with van der Waals surface area (Å²) in [7, 11) is -9.98. The van der Waals surface area contributed by atoms with Crippen LogP contribution in [0, 0.1) is 0 Å². The summed E-state index contributed by atoms with van der Waals surface area (Å²) >= 11 is 0. The highest BCUT2D eigenvalue weighted by Crippen LogP contribution is 2.45. The minimum atomic E-state index is -4.99. The summed E-state index contributed by atoms with van der Waals surface area (Å²) in [6.45, 7) is 4.65. The molecule has 17 nitrogen and oxygen atoms in total. The number of rotatable bonds is 76. The van der Waals surface area contributed by atoms with E-state index in [9.17, 15) is 43.2 Å². The molecular formula is C85H146O17P2. The molecule has 0 bridgehead atoms. The normalized spacial score (nSPS) is 14.5. The van der Waals surface area contributed by atoms with Crippen molar-refractivity contribution in [1.82, 2.24) is 0 Å². The van der Waals surface area contributed by atoms with Crippen LogP contribution in [0.15, 0.2) is 122 Å². The van der Waals surface area contributed by atoms with Crippen LogP contribution in [0.3, 0.4) is 0 Å². The first-order valence-electron chi connectivity index (χ1n) is 40.8. The second-order valence-corrected chi connectivity index (χ2v) is 29.9. The van der Waals surface area contributed by atoms with Gasteiger partial charge in [-0.15, -0.1) is 0 Å². The molecule has 0 rings (SSSR count). The maximum Gasteiger partial charge on any atom is 0.472 e. The number of carbonyl (C=O) groups excluding carboxylic acids is 4. The average molecular weight is 1500 g/mol. The summed E-state index contributed by atoms with van der Waals surface area (Å²) in [6, 6.07) is 0. The van der Waals surface area contributed by atoms with Gasteiger partial charge < -0.3 is 33.8 Å². The highest BCUT2D eigenvalue weighted by molar-refractivity contribution is 7.47. The average Bonchev–Trinajstić information content (AvgIpc) is 0.918. The van der Waals surface area contributed by atoms with Crippen molar-refractivity contribution in [2.45, 2.75) is 354 Å². The fourth-order valence-corrected chi connectivity index (χ4v) is 12.2. The van der Waals surface area contributed by atoms with E-state index in [4.69, 9.17) is 37.0 Å². The Morgan fingerprint density at radius 2 is 0.500 bits per heavy atom. The summed E-state index contributed by atoms with van der Waals surface area (Å²) in [5, 5.41) is 10.6. The molecule has 0 aliphatic heterocycles. The third-order valence-corrected chi connectivity index (χ3v) is 18.8. The van der Waals surface area contributed by atoms with Gasteiger partial charge in [0, 0.05) is 25.7 Å². The Hall–Kier alpha value is -4.54. The Kier molecular flexibility index (Phi) is 73.3. The van der Waals surface area contributed by atoms with Crippen LogP contribution in [-0.4, -0.2) is 96.7 Å². The number of allylic oxidation sites excluding steroid dienone is 20. The van der Waals surface area contributed by atoms with E-state index in [0.717, 1.165) is 180 Å². The third kappa shape index (κ3) is 75.7. The Bertz CT molecular complexity index is 2440. The van der Waals surface area contributed by atoms with Gasteiger partial charge in [0.05, 0.1) is 26.4 Å². The summed E-state index contributed by atoms with van der Waals surface area (Å²) in [5.41, 5.74) is 0. The third-order valence-electron chi connectivity index (χ3n) is 16.9. The molecule has 0 aromatic heterocycles. The van der Waals surface area contributed by atoms with Gasteiger partial charge >= 0.3 is 39.5 Å². The Morgan fingerprint density at radius 3 is 0.808 bits per heavy atom. The van der Waals surface area contributed by atoms with Gasteiger partial charge in [0.2, 0.25) is 0 Å². The zero-order chi connectivity index (χ0) is 76.0. The molecule has 0 amide bonds. The molecule has 0 aliphatic carbocycles. The fraction of sp³-hybridized carbons (Fsp3) is 0.718. The van der Waals surface area contributed by atoms with E-state index < -0.39 is 97.5 Å². The molecule has 104 heavy (non-hydrogen) atoms. The Morgan fingerprint density at radius 1 is 0.279 bits per heavy atom. The molecule has 19 heteroatoms. The number of esters is 4. The van der Waals surface area contributed by atoms with Crippen molar-refractivity contribution < 1.29 is 80.2 Å². The molecule has 5 atom stereocenters. The maximum absolute atomic E-state index is 13.1. The van der Waals surface area contributed by atoms with Gasteiger partial charge in [-0.3, -0.25) is 37.3 Å². The van der Waals surface area contributed by atoms with E-state index in [1.807, 2.05) is 0 Å². The van der Waals surface area contributed by atoms with Crippen LogP contribution < -0.4 is 0 Å². The summed E-state index contributed by atoms with van der Waals surface area (Å²) in [6.07, 6.45) is 84.5. The van der Waals surface area contributed by atoms with Crippen LogP contribution in [-0.2, 0) is 65.4 Å². The van der Waals surface area contributed by atoms with E-state index in [1.54, 1.807) is 0 Å². The van der Waals surface area contributed by atoms with Gasteiger partial charge in [-0.05, 0) is 161 Å². The van der Waals surface area contributed by atoms with E-state index >= 15 is 0 Å². The molecule has 0 saturated heterocycles. The van der Waals surface area contributed by atoms with Crippen LogP contribution >= 0.6 is 15.6 Å². The van der Waals surface area contributed by atoms with E-state index in [-0.39, 0.29) is 25.7 Å². The summed E-state index contributed by atoms with van der Waals surface area (Å²) in [4.78, 5) is 73.1. The second kappa shape index (κ2) is 76.6. The van der Waals surface area contributed by atoms with Crippen molar-refractivity contribution in [3.05, 3.63) is 122 Å². The van der Waals surface area contributed by atoms with Crippen LogP contribution in [0.1, 0.15) is 336 Å². The number of aliphatic hydroxyl groups excluding tert-OH is 1. The minimum Gasteiger partial charge on any atom is -0.462 e. The zero-order valence-corrected chi connectivity index (χ0v) is 67.2. The first kappa shape index (κ1) is 99.5. The van der Waals surface area contributed by atoms with Crippen LogP contribution in [0.2, 0.25) is 0 Å². The number of aliphatic hydroxyl groups is 1. The molecule has 0 spiro atoms. The van der Waals surface area contributed by atoms with E-state index in [1.165, 1.54) is 77.0 Å². The first-order chi connectivity index (χ1) is 50.7. The molecule has 0 fully saturated rings. The van der Waals surface area contributed by atoms with Crippen molar-refractivity contribution in [1.29, 1.82) is 0 Å². The van der Waals surface area contributed by atoms with E-state index in [2.05, 4.69) is 149 Å². The van der Waals surface area contributed by atoms with Crippen molar-refractivity contribution in [3.63, 3.8) is 0 Å². The Labute approximate surface area is 632 Å². The predicted molar refractivity (Wildman–Crippen MR) is 427 cm³/mol. The predicted octanol–water partition coefficient (Wildman–Crippen LogP) is 23.9. The second-order valence-electron chi connectivity index (χ2n) is 27.0. The Balaban J connectivity index is 5.42. The molecular weight excluding hydrogens is 1350 g/mol. The van der Waals surface area contributed by atoms with Crippen molar-refractivity contribution in [2.75, 3.05) is 39.6 Å². The van der Waals surface area contributed by atoms with Gasteiger partial charge in [0.25, 0.3) is 0 Å². The molecule has 0 aliphatic rings. The lowest BCUT2D eigenvalue weighted by Gasteiger charge is -2.21. The molecule has 598 valence electrons. The smallest absolute Gasteiger partial charge is 0.462 e. The standard InChI is InChI=1S/C85H146O17P2/c1-5-9-13-17-21-25-29-33-37-38-39-40-44-46-50-54-58-62-66-70-83(88)96-76-81(102-85(90)72-68-64-60-56-52-48-43-36-32-28-24-20-16-12-8-4)78-100-104(93,94)98-74-79(86)73-97-103(91,92)99-77-80(101-84(89)71-67-63-59-55-51-47-42-35-31-27-23-19-15-11-7-3)75-95-82(87)69-65-61-57-53-49-45-41-34-30-26-22-18-14-10-6-2/h9,13,21-22,24-26,28,33-37,39-43,46,50,79-81,86H,5-8,10-12,14-20,23,27,29-32,38,44-45,47-49,51-78H2,1-4H3,(H,91,92)(H,93,94)/b13-9-,25-21-,26-22-,28-24-,37-33-,40-39-,41-34-,42-35-,43-36-,50-46-/t79?,80-,81-/m1/s1. The molecule has 0 saturated carbocycles. The topological polar surface area (TPSA) is 237 Å². The number of carbonyl (C=O) groups is 4. The van der Waals surface area contributed by atoms with Crippen molar-refractivity contribution >= 4 is 39.5 Å². The molecule has 3 unspecified atom stereocenters. The SMILES string of the molecule is CC/C=C\C/C=C\C/C=C\C/C=C\C/C=C\CCCCCC(=O)OC[C@H](COP(=O)(O)OCC(O)COP(=O)(O)OC[C@@H](COC(=O)CCCCCCC/C=C\C/C=C\CCCCC)OC(=O)CCCCCCC/C=C\CCCCCCCC)OC(=O)CCCCCCC/C=C\C/C=C\CCCCC. The summed E-state index contributed by atoms with van der Waals surface area (Å²) in [5.74, 6) is -2.24. The van der Waals surface area contributed by atoms with E-state index in [0.29, 0.717) is 25.7 Å². The lowest BCUT2D eigenvalue weighted by Crippen LogP contribution is -2.30. The zero-order valence-electron chi connectivity index (χ0n) is 65.4. The van der Waals surface area contributed by atoms with Gasteiger partial charge in [-0.25, -0.2) is 9.13 Å². The van der Waals surface area contributed by atoms with Gasteiger partial charge in [-0.2, -0.15) is 0 Å². The van der Waals surface area contributed by atoms with Crippen LogP contribution in [0.5, 0.6) is 0 Å². The molecule has 0 heterocycles. The first-order valence-corrected chi connectivity index (χ1v) is 43.8. The number of hydrogen-bond donors (Lipinski definition) is 3. The molecule has 0 aromatic rings. The lowest BCUT2D eigenvalue weighted by molar-refractivity contribution is -0.161. The monoisotopic (exact) mass is 1500 g/mol. The van der Waals surface area contributed by atoms with Crippen molar-refractivity contribution in [3.8, 4) is 0 Å².